The lowest BCUT2D eigenvalue weighted by Crippen LogP contribution is -2.44. The highest BCUT2D eigenvalue weighted by Crippen LogP contribution is 2.29. The van der Waals surface area contributed by atoms with Crippen molar-refractivity contribution in [2.24, 2.45) is 11.8 Å². The van der Waals surface area contributed by atoms with Crippen molar-refractivity contribution in [3.05, 3.63) is 51.8 Å². The van der Waals surface area contributed by atoms with E-state index in [1.54, 1.807) is 4.52 Å². The fourth-order valence-electron chi connectivity index (χ4n) is 4.50. The summed E-state index contributed by atoms with van der Waals surface area (Å²) in [6, 6.07) is 8.11. The molecule has 2 heterocycles. The molecule has 1 fully saturated rings. The number of fused-ring (bicyclic) bond motifs is 1. The molecule has 0 saturated heterocycles. The van der Waals surface area contributed by atoms with E-state index >= 15 is 0 Å². The molecule has 3 aromatic rings. The summed E-state index contributed by atoms with van der Waals surface area (Å²) in [4.78, 5) is 21.7. The van der Waals surface area contributed by atoms with E-state index in [-0.39, 0.29) is 11.9 Å². The summed E-state index contributed by atoms with van der Waals surface area (Å²) >= 11 is 7.72. The summed E-state index contributed by atoms with van der Waals surface area (Å²) in [7, 11) is 0. The molecule has 0 bridgehead atoms. The number of thioether (sulfide) groups is 1. The number of carbonyl (C=O) groups excluding carboxylic acids is 1. The van der Waals surface area contributed by atoms with Crippen LogP contribution in [0.5, 0.6) is 0 Å². The van der Waals surface area contributed by atoms with Crippen molar-refractivity contribution >= 4 is 35.0 Å². The van der Waals surface area contributed by atoms with Crippen LogP contribution in [0.3, 0.4) is 0 Å². The Morgan fingerprint density at radius 3 is 2.78 bits per heavy atom. The fourth-order valence-corrected chi connectivity index (χ4v) is 5.34. The molecule has 1 amide bonds. The topological polar surface area (TPSA) is 72.2 Å². The second-order valence-electron chi connectivity index (χ2n) is 8.87. The van der Waals surface area contributed by atoms with Gasteiger partial charge < -0.3 is 5.32 Å². The van der Waals surface area contributed by atoms with Gasteiger partial charge in [0.15, 0.2) is 0 Å². The Hall–Kier alpha value is -2.12. The molecule has 0 unspecified atom stereocenters. The summed E-state index contributed by atoms with van der Waals surface area (Å²) < 4.78 is 1.77. The van der Waals surface area contributed by atoms with E-state index in [1.807, 2.05) is 38.1 Å². The van der Waals surface area contributed by atoms with Gasteiger partial charge in [-0.25, -0.2) is 9.50 Å². The molecule has 1 aliphatic carbocycles. The molecular weight excluding hydrogens is 442 g/mol. The highest BCUT2D eigenvalue weighted by atomic mass is 35.5. The maximum Gasteiger partial charge on any atom is 0.253 e. The quantitative estimate of drug-likeness (QED) is 0.511. The van der Waals surface area contributed by atoms with E-state index in [2.05, 4.69) is 34.2 Å². The molecule has 2 aromatic heterocycles. The molecule has 1 saturated carbocycles. The van der Waals surface area contributed by atoms with Gasteiger partial charge in [0.25, 0.3) is 5.78 Å². The van der Waals surface area contributed by atoms with Crippen molar-refractivity contribution in [2.45, 2.75) is 64.6 Å². The van der Waals surface area contributed by atoms with Crippen LogP contribution in [0.4, 0.5) is 0 Å². The first kappa shape index (κ1) is 23.1. The molecule has 0 spiro atoms. The van der Waals surface area contributed by atoms with Crippen LogP contribution in [0.15, 0.2) is 29.4 Å². The molecule has 1 aliphatic rings. The highest BCUT2D eigenvalue weighted by Gasteiger charge is 2.28. The number of benzene rings is 1. The van der Waals surface area contributed by atoms with Crippen molar-refractivity contribution in [1.82, 2.24) is 24.9 Å². The molecule has 8 heteroatoms. The van der Waals surface area contributed by atoms with E-state index in [9.17, 15) is 4.79 Å². The van der Waals surface area contributed by atoms with Crippen molar-refractivity contribution in [3.8, 4) is 0 Å². The monoisotopic (exact) mass is 471 g/mol. The summed E-state index contributed by atoms with van der Waals surface area (Å²) in [5.74, 6) is 2.07. The number of nitrogens with one attached hydrogen (secondary N) is 1. The van der Waals surface area contributed by atoms with E-state index in [0.29, 0.717) is 34.9 Å². The van der Waals surface area contributed by atoms with Crippen LogP contribution in [-0.2, 0) is 11.2 Å². The first-order valence-corrected chi connectivity index (χ1v) is 12.6. The Morgan fingerprint density at radius 2 is 2.00 bits per heavy atom. The number of carbonyl (C=O) groups is 1. The second-order valence-corrected chi connectivity index (χ2v) is 10.2. The van der Waals surface area contributed by atoms with Crippen LogP contribution in [0.25, 0.3) is 5.78 Å². The Morgan fingerprint density at radius 1 is 1.22 bits per heavy atom. The first-order chi connectivity index (χ1) is 15.3. The van der Waals surface area contributed by atoms with E-state index in [0.717, 1.165) is 34.0 Å². The number of halogens is 1. The molecule has 1 N–H and O–H groups in total. The Kier molecular flexibility index (Phi) is 7.05. The Labute approximate surface area is 198 Å². The van der Waals surface area contributed by atoms with Crippen molar-refractivity contribution in [2.75, 3.05) is 5.75 Å². The van der Waals surface area contributed by atoms with Gasteiger partial charge in [-0.2, -0.15) is 4.98 Å². The zero-order valence-corrected chi connectivity index (χ0v) is 20.6. The van der Waals surface area contributed by atoms with Crippen molar-refractivity contribution in [1.29, 1.82) is 0 Å². The van der Waals surface area contributed by atoms with E-state index in [4.69, 9.17) is 11.6 Å². The Bertz CT molecular complexity index is 1130. The van der Waals surface area contributed by atoms with Gasteiger partial charge in [0.05, 0.1) is 5.75 Å². The summed E-state index contributed by atoms with van der Waals surface area (Å²) in [5, 5.41) is 9.14. The third kappa shape index (κ3) is 4.94. The van der Waals surface area contributed by atoms with Gasteiger partial charge in [0, 0.05) is 28.9 Å². The lowest BCUT2D eigenvalue weighted by Gasteiger charge is -2.34. The number of nitrogens with zero attached hydrogens (tertiary/aromatic N) is 4. The van der Waals surface area contributed by atoms with Crippen LogP contribution in [-0.4, -0.2) is 37.3 Å². The number of aromatic nitrogens is 4. The summed E-state index contributed by atoms with van der Waals surface area (Å²) in [6.45, 7) is 8.52. The lowest BCUT2D eigenvalue weighted by molar-refractivity contribution is -0.120. The second kappa shape index (κ2) is 9.79. The molecule has 3 atom stereocenters. The molecule has 32 heavy (non-hydrogen) atoms. The average Bonchev–Trinajstić information content (AvgIpc) is 3.17. The number of hydrogen-bond donors (Lipinski definition) is 1. The maximum absolute atomic E-state index is 12.5. The van der Waals surface area contributed by atoms with Gasteiger partial charge >= 0.3 is 0 Å². The normalized spacial score (nSPS) is 21.1. The molecule has 0 radical (unpaired) electrons. The van der Waals surface area contributed by atoms with Gasteiger partial charge in [-0.1, -0.05) is 68.3 Å². The predicted octanol–water partition coefficient (Wildman–Crippen LogP) is 5.02. The van der Waals surface area contributed by atoms with Gasteiger partial charge in [-0.05, 0) is 49.3 Å². The van der Waals surface area contributed by atoms with Crippen LogP contribution >= 0.6 is 23.4 Å². The largest absolute Gasteiger partial charge is 0.352 e. The number of amides is 1. The lowest BCUT2D eigenvalue weighted by atomic mass is 9.78. The maximum atomic E-state index is 12.5. The first-order valence-electron chi connectivity index (χ1n) is 11.2. The molecular formula is C24H30ClN5OS. The molecule has 4 rings (SSSR count). The zero-order valence-electron chi connectivity index (χ0n) is 19.1. The number of rotatable bonds is 6. The van der Waals surface area contributed by atoms with Gasteiger partial charge in [0.1, 0.15) is 0 Å². The van der Waals surface area contributed by atoms with E-state index < -0.39 is 0 Å². The van der Waals surface area contributed by atoms with Gasteiger partial charge in [-0.3, -0.25) is 4.79 Å². The standard InChI is InChI=1S/C24H30ClN5OS/c1-14-8-7-11-21(15(14)2)27-22(31)13-32-24-28-23-26-16(3)19(17(4)30(23)29-24)12-18-9-5-6-10-20(18)25/h5-6,9-10,14-15,21H,7-8,11-13H2,1-4H3,(H,27,31)/t14-,15-,21-/m1/s1. The molecule has 1 aromatic carbocycles. The molecule has 170 valence electrons. The predicted molar refractivity (Wildman–Crippen MR) is 129 cm³/mol. The Balaban J connectivity index is 1.46. The summed E-state index contributed by atoms with van der Waals surface area (Å²) in [6.07, 6.45) is 4.17. The summed E-state index contributed by atoms with van der Waals surface area (Å²) in [5.41, 5.74) is 4.04. The number of hydrogen-bond acceptors (Lipinski definition) is 5. The van der Waals surface area contributed by atoms with E-state index in [1.165, 1.54) is 24.6 Å². The van der Waals surface area contributed by atoms with Gasteiger partial charge in [-0.15, -0.1) is 5.10 Å². The zero-order chi connectivity index (χ0) is 22.8. The number of aryl methyl sites for hydroxylation is 2. The average molecular weight is 472 g/mol. The molecule has 0 aliphatic heterocycles. The van der Waals surface area contributed by atoms with Crippen LogP contribution in [0.2, 0.25) is 5.02 Å². The minimum Gasteiger partial charge on any atom is -0.352 e. The minimum absolute atomic E-state index is 0.0417. The third-order valence-corrected chi connectivity index (χ3v) is 7.95. The van der Waals surface area contributed by atoms with Crippen LogP contribution in [0.1, 0.15) is 55.6 Å². The smallest absolute Gasteiger partial charge is 0.253 e. The van der Waals surface area contributed by atoms with Crippen molar-refractivity contribution in [3.63, 3.8) is 0 Å². The molecule has 6 nitrogen and oxygen atoms in total. The fraction of sp³-hybridized carbons (Fsp3) is 0.500. The van der Waals surface area contributed by atoms with Crippen LogP contribution < -0.4 is 5.32 Å². The highest BCUT2D eigenvalue weighted by molar-refractivity contribution is 7.99. The SMILES string of the molecule is Cc1nc2nc(SCC(=O)N[C@@H]3CCC[C@@H](C)[C@H]3C)nn2c(C)c1Cc1ccccc1Cl. The van der Waals surface area contributed by atoms with Gasteiger partial charge in [0.2, 0.25) is 11.1 Å². The van der Waals surface area contributed by atoms with Crippen molar-refractivity contribution < 1.29 is 4.79 Å². The third-order valence-electron chi connectivity index (χ3n) is 6.74. The van der Waals surface area contributed by atoms with Crippen LogP contribution in [0, 0.1) is 25.7 Å². The minimum atomic E-state index is 0.0417.